The van der Waals surface area contributed by atoms with Gasteiger partial charge in [0.15, 0.2) is 0 Å². The van der Waals surface area contributed by atoms with Crippen molar-refractivity contribution in [1.82, 2.24) is 15.0 Å². The van der Waals surface area contributed by atoms with Crippen molar-refractivity contribution in [3.8, 4) is 0 Å². The van der Waals surface area contributed by atoms with E-state index in [-0.39, 0.29) is 6.61 Å². The van der Waals surface area contributed by atoms with E-state index in [4.69, 9.17) is 0 Å². The molecule has 0 amide bonds. The van der Waals surface area contributed by atoms with Gasteiger partial charge in [-0.05, 0) is 20.8 Å². The maximum atomic E-state index is 9.44. The zero-order valence-corrected chi connectivity index (χ0v) is 12.6. The lowest BCUT2D eigenvalue weighted by Gasteiger charge is -2.34. The first-order chi connectivity index (χ1) is 8.81. The number of rotatable bonds is 6. The first-order valence-electron chi connectivity index (χ1n) is 6.33. The Morgan fingerprint density at radius 3 is 2.16 bits per heavy atom. The molecule has 0 saturated carbocycles. The maximum absolute atomic E-state index is 9.44. The fourth-order valence-corrected chi connectivity index (χ4v) is 1.32. The van der Waals surface area contributed by atoms with Gasteiger partial charge in [-0.2, -0.15) is 15.0 Å². The van der Waals surface area contributed by atoms with E-state index in [0.717, 1.165) is 6.54 Å². The molecular weight excluding hydrogens is 244 g/mol. The summed E-state index contributed by atoms with van der Waals surface area (Å²) in [6.45, 7) is 6.60. The predicted octanol–water partition coefficient (Wildman–Crippen LogP) is 0.576. The van der Waals surface area contributed by atoms with Crippen LogP contribution in [0.1, 0.15) is 20.8 Å². The fourth-order valence-electron chi connectivity index (χ4n) is 1.32. The number of nitrogens with zero attached hydrogens (tertiary/aromatic N) is 5. The van der Waals surface area contributed by atoms with Crippen molar-refractivity contribution < 1.29 is 5.11 Å². The molecule has 0 atom stereocenters. The summed E-state index contributed by atoms with van der Waals surface area (Å²) in [4.78, 5) is 16.8. The number of aliphatic hydroxyl groups is 1. The van der Waals surface area contributed by atoms with E-state index in [1.54, 1.807) is 0 Å². The Bertz CT molecular complexity index is 421. The van der Waals surface area contributed by atoms with Gasteiger partial charge in [0, 0.05) is 27.7 Å². The molecule has 1 aromatic rings. The van der Waals surface area contributed by atoms with E-state index in [9.17, 15) is 5.11 Å². The van der Waals surface area contributed by atoms with Crippen molar-refractivity contribution in [1.29, 1.82) is 0 Å². The summed E-state index contributed by atoms with van der Waals surface area (Å²) < 4.78 is 0. The maximum Gasteiger partial charge on any atom is 0.232 e. The van der Waals surface area contributed by atoms with Gasteiger partial charge in [-0.3, -0.25) is 0 Å². The third-order valence-electron chi connectivity index (χ3n) is 2.94. The standard InChI is InChI=1S/C12H24N6O/c1-7-13-9-14-10(17(4)5)16-11(15-9)18(6)12(2,3)8-19/h19H,7-8H2,1-6H3,(H,13,14,15,16). The summed E-state index contributed by atoms with van der Waals surface area (Å²) >= 11 is 0. The summed E-state index contributed by atoms with van der Waals surface area (Å²) in [6, 6.07) is 0. The van der Waals surface area contributed by atoms with Crippen molar-refractivity contribution in [2.24, 2.45) is 0 Å². The molecule has 0 aromatic carbocycles. The second-order valence-corrected chi connectivity index (χ2v) is 5.21. The molecule has 0 bridgehead atoms. The first kappa shape index (κ1) is 15.4. The van der Waals surface area contributed by atoms with Crippen molar-refractivity contribution >= 4 is 17.8 Å². The normalized spacial score (nSPS) is 11.3. The van der Waals surface area contributed by atoms with Crippen molar-refractivity contribution in [2.45, 2.75) is 26.3 Å². The van der Waals surface area contributed by atoms with Crippen molar-refractivity contribution in [3.05, 3.63) is 0 Å². The molecule has 7 nitrogen and oxygen atoms in total. The fraction of sp³-hybridized carbons (Fsp3) is 0.750. The van der Waals surface area contributed by atoms with Crippen LogP contribution in [-0.2, 0) is 0 Å². The second kappa shape index (κ2) is 6.01. The highest BCUT2D eigenvalue weighted by molar-refractivity contribution is 5.45. The molecule has 108 valence electrons. The van der Waals surface area contributed by atoms with E-state index < -0.39 is 5.54 Å². The third-order valence-corrected chi connectivity index (χ3v) is 2.94. The Morgan fingerprint density at radius 1 is 1.11 bits per heavy atom. The van der Waals surface area contributed by atoms with Crippen LogP contribution in [-0.4, -0.2) is 59.9 Å². The topological polar surface area (TPSA) is 77.4 Å². The molecule has 0 saturated heterocycles. The van der Waals surface area contributed by atoms with Crippen LogP contribution in [0.15, 0.2) is 0 Å². The van der Waals surface area contributed by atoms with Crippen molar-refractivity contribution in [3.63, 3.8) is 0 Å². The molecular formula is C12H24N6O. The Balaban J connectivity index is 3.19. The van der Waals surface area contributed by atoms with Gasteiger partial charge < -0.3 is 20.2 Å². The van der Waals surface area contributed by atoms with Gasteiger partial charge in [-0.1, -0.05) is 0 Å². The van der Waals surface area contributed by atoms with Gasteiger partial charge in [0.2, 0.25) is 17.8 Å². The van der Waals surface area contributed by atoms with E-state index in [2.05, 4.69) is 20.3 Å². The highest BCUT2D eigenvalue weighted by Gasteiger charge is 2.25. The Hall–Kier alpha value is -1.63. The van der Waals surface area contributed by atoms with E-state index >= 15 is 0 Å². The van der Waals surface area contributed by atoms with Crippen LogP contribution in [0.2, 0.25) is 0 Å². The highest BCUT2D eigenvalue weighted by atomic mass is 16.3. The zero-order valence-electron chi connectivity index (χ0n) is 12.6. The predicted molar refractivity (Wildman–Crippen MR) is 77.9 cm³/mol. The minimum Gasteiger partial charge on any atom is -0.394 e. The van der Waals surface area contributed by atoms with Gasteiger partial charge >= 0.3 is 0 Å². The van der Waals surface area contributed by atoms with Crippen LogP contribution in [0.3, 0.4) is 0 Å². The summed E-state index contributed by atoms with van der Waals surface area (Å²) in [7, 11) is 5.62. The second-order valence-electron chi connectivity index (χ2n) is 5.21. The minimum atomic E-state index is -0.436. The van der Waals surface area contributed by atoms with E-state index in [1.165, 1.54) is 0 Å². The number of anilines is 3. The molecule has 2 N–H and O–H groups in total. The van der Waals surface area contributed by atoms with Gasteiger partial charge in [0.05, 0.1) is 12.1 Å². The van der Waals surface area contributed by atoms with Crippen molar-refractivity contribution in [2.75, 3.05) is 49.4 Å². The van der Waals surface area contributed by atoms with Gasteiger partial charge in [0.25, 0.3) is 0 Å². The lowest BCUT2D eigenvalue weighted by molar-refractivity contribution is 0.215. The lowest BCUT2D eigenvalue weighted by atomic mass is 10.1. The zero-order chi connectivity index (χ0) is 14.6. The van der Waals surface area contributed by atoms with Gasteiger partial charge in [-0.15, -0.1) is 0 Å². The molecule has 0 unspecified atom stereocenters. The molecule has 7 heteroatoms. The highest BCUT2D eigenvalue weighted by Crippen LogP contribution is 2.21. The monoisotopic (exact) mass is 268 g/mol. The number of hydrogen-bond donors (Lipinski definition) is 2. The molecule has 0 fully saturated rings. The van der Waals surface area contributed by atoms with E-state index in [0.29, 0.717) is 17.8 Å². The molecule has 0 aliphatic rings. The lowest BCUT2D eigenvalue weighted by Crippen LogP contribution is -2.45. The minimum absolute atomic E-state index is 0.0169. The van der Waals surface area contributed by atoms with Crippen LogP contribution in [0.4, 0.5) is 17.8 Å². The Kier molecular flexibility index (Phi) is 4.88. The smallest absolute Gasteiger partial charge is 0.232 e. The molecule has 19 heavy (non-hydrogen) atoms. The molecule has 0 spiro atoms. The van der Waals surface area contributed by atoms with Crippen LogP contribution in [0, 0.1) is 0 Å². The Morgan fingerprint density at radius 2 is 1.68 bits per heavy atom. The summed E-state index contributed by atoms with van der Waals surface area (Å²) in [6.07, 6.45) is 0. The van der Waals surface area contributed by atoms with Crippen LogP contribution in [0.5, 0.6) is 0 Å². The SMILES string of the molecule is CCNc1nc(N(C)C)nc(N(C)C(C)(C)CO)n1. The Labute approximate surface area is 114 Å². The van der Waals surface area contributed by atoms with Crippen LogP contribution >= 0.6 is 0 Å². The van der Waals surface area contributed by atoms with Crippen LogP contribution < -0.4 is 15.1 Å². The van der Waals surface area contributed by atoms with Gasteiger partial charge in [0.1, 0.15) is 0 Å². The average Bonchev–Trinajstić information content (AvgIpc) is 2.37. The molecule has 0 radical (unpaired) electrons. The first-order valence-corrected chi connectivity index (χ1v) is 6.33. The molecule has 1 heterocycles. The number of nitrogens with one attached hydrogen (secondary N) is 1. The number of likely N-dealkylation sites (N-methyl/N-ethyl adjacent to an activating group) is 1. The summed E-state index contributed by atoms with van der Waals surface area (Å²) in [5.41, 5.74) is -0.436. The summed E-state index contributed by atoms with van der Waals surface area (Å²) in [5, 5.41) is 12.5. The number of aliphatic hydroxyl groups excluding tert-OH is 1. The van der Waals surface area contributed by atoms with E-state index in [1.807, 2.05) is 51.7 Å². The number of aromatic nitrogens is 3. The molecule has 1 aromatic heterocycles. The summed E-state index contributed by atoms with van der Waals surface area (Å²) in [5.74, 6) is 1.66. The molecule has 0 aliphatic heterocycles. The number of hydrogen-bond acceptors (Lipinski definition) is 7. The molecule has 1 rings (SSSR count). The van der Waals surface area contributed by atoms with Gasteiger partial charge in [-0.25, -0.2) is 0 Å². The average molecular weight is 268 g/mol. The largest absolute Gasteiger partial charge is 0.394 e. The third kappa shape index (κ3) is 3.66. The van der Waals surface area contributed by atoms with Crippen LogP contribution in [0.25, 0.3) is 0 Å². The quantitative estimate of drug-likeness (QED) is 0.781. The molecule has 0 aliphatic carbocycles.